The third kappa shape index (κ3) is 4.55. The maximum atomic E-state index is 13.1. The van der Waals surface area contributed by atoms with E-state index >= 15 is 0 Å². The molecule has 1 fully saturated rings. The number of carbonyl (C=O) groups excluding carboxylic acids is 2. The van der Waals surface area contributed by atoms with Crippen LogP contribution in [0.25, 0.3) is 0 Å². The van der Waals surface area contributed by atoms with Crippen LogP contribution < -0.4 is 10.6 Å². The summed E-state index contributed by atoms with van der Waals surface area (Å²) < 4.78 is 0. The molecule has 1 atom stereocenters. The summed E-state index contributed by atoms with van der Waals surface area (Å²) >= 11 is 0. The molecule has 0 radical (unpaired) electrons. The van der Waals surface area contributed by atoms with E-state index in [1.165, 1.54) is 0 Å². The molecule has 5 nitrogen and oxygen atoms in total. The van der Waals surface area contributed by atoms with Crippen molar-refractivity contribution in [1.82, 2.24) is 10.2 Å². The van der Waals surface area contributed by atoms with E-state index in [1.807, 2.05) is 42.2 Å². The Hall–Kier alpha value is -2.66. The van der Waals surface area contributed by atoms with Crippen LogP contribution >= 0.6 is 0 Å². The number of nitrogens with zero attached hydrogens (tertiary/aromatic N) is 1. The van der Waals surface area contributed by atoms with Crippen LogP contribution in [0, 0.1) is 6.92 Å². The lowest BCUT2D eigenvalue weighted by Gasteiger charge is -2.28. The van der Waals surface area contributed by atoms with E-state index < -0.39 is 0 Å². The Bertz CT molecular complexity index is 798. The summed E-state index contributed by atoms with van der Waals surface area (Å²) in [6.07, 6.45) is 1.90. The van der Waals surface area contributed by atoms with Gasteiger partial charge in [0.2, 0.25) is 0 Å². The quantitative estimate of drug-likeness (QED) is 0.824. The first-order chi connectivity index (χ1) is 13.1. The Morgan fingerprint density at radius 2 is 1.93 bits per heavy atom. The fourth-order valence-electron chi connectivity index (χ4n) is 3.44. The Labute approximate surface area is 160 Å². The number of carbonyl (C=O) groups is 2. The third-order valence-electron chi connectivity index (χ3n) is 4.97. The van der Waals surface area contributed by atoms with Crippen molar-refractivity contribution in [2.45, 2.75) is 32.7 Å². The predicted molar refractivity (Wildman–Crippen MR) is 108 cm³/mol. The molecule has 0 aromatic heterocycles. The highest BCUT2D eigenvalue weighted by molar-refractivity contribution is 6.05. The van der Waals surface area contributed by atoms with E-state index in [4.69, 9.17) is 0 Å². The van der Waals surface area contributed by atoms with Gasteiger partial charge in [-0.1, -0.05) is 31.2 Å². The van der Waals surface area contributed by atoms with E-state index in [2.05, 4.69) is 17.6 Å². The van der Waals surface area contributed by atoms with E-state index in [1.54, 1.807) is 18.2 Å². The Morgan fingerprint density at radius 1 is 1.15 bits per heavy atom. The maximum Gasteiger partial charge on any atom is 0.255 e. The monoisotopic (exact) mass is 365 g/mol. The standard InChI is InChI=1S/C22H27N3O2/c1-3-13-25(19-11-12-23-15-19)22(27)18-10-9-16(2)20(14-18)24-21(26)17-7-5-4-6-8-17/h4-10,14,19,23H,3,11-13,15H2,1-2H3,(H,24,26). The first-order valence-corrected chi connectivity index (χ1v) is 9.59. The van der Waals surface area contributed by atoms with Crippen molar-refractivity contribution >= 4 is 17.5 Å². The summed E-state index contributed by atoms with van der Waals surface area (Å²) in [5.74, 6) is -0.144. The first-order valence-electron chi connectivity index (χ1n) is 9.59. The van der Waals surface area contributed by atoms with Crippen LogP contribution in [0.5, 0.6) is 0 Å². The highest BCUT2D eigenvalue weighted by Crippen LogP contribution is 2.21. The molecule has 0 spiro atoms. The summed E-state index contributed by atoms with van der Waals surface area (Å²) in [5.41, 5.74) is 2.82. The first kappa shape index (κ1) is 19.1. The second-order valence-corrected chi connectivity index (χ2v) is 7.00. The molecule has 2 amide bonds. The second kappa shape index (κ2) is 8.82. The molecule has 5 heteroatoms. The minimum atomic E-state index is -0.172. The largest absolute Gasteiger partial charge is 0.334 e. The molecular weight excluding hydrogens is 338 g/mol. The van der Waals surface area contributed by atoms with Gasteiger partial charge in [0, 0.05) is 35.9 Å². The molecule has 0 aliphatic carbocycles. The van der Waals surface area contributed by atoms with Crippen LogP contribution in [-0.4, -0.2) is 42.4 Å². The lowest BCUT2D eigenvalue weighted by atomic mass is 10.1. The van der Waals surface area contributed by atoms with Gasteiger partial charge < -0.3 is 15.5 Å². The van der Waals surface area contributed by atoms with Gasteiger partial charge in [-0.05, 0) is 56.1 Å². The average molecular weight is 365 g/mol. The lowest BCUT2D eigenvalue weighted by molar-refractivity contribution is 0.0692. The lowest BCUT2D eigenvalue weighted by Crippen LogP contribution is -2.42. The number of anilines is 1. The summed E-state index contributed by atoms with van der Waals surface area (Å²) in [6, 6.07) is 14.9. The zero-order valence-electron chi connectivity index (χ0n) is 16.0. The molecule has 2 aromatic rings. The zero-order valence-corrected chi connectivity index (χ0v) is 16.0. The van der Waals surface area contributed by atoms with Crippen LogP contribution in [0.2, 0.25) is 0 Å². The van der Waals surface area contributed by atoms with Crippen molar-refractivity contribution in [2.24, 2.45) is 0 Å². The fourth-order valence-corrected chi connectivity index (χ4v) is 3.44. The van der Waals surface area contributed by atoms with Gasteiger partial charge in [0.15, 0.2) is 0 Å². The molecule has 1 aliphatic rings. The van der Waals surface area contributed by atoms with Crippen molar-refractivity contribution in [2.75, 3.05) is 25.0 Å². The van der Waals surface area contributed by atoms with Gasteiger partial charge in [-0.2, -0.15) is 0 Å². The number of hydrogen-bond acceptors (Lipinski definition) is 3. The highest BCUT2D eigenvalue weighted by Gasteiger charge is 2.27. The number of aryl methyl sites for hydroxylation is 1. The molecule has 27 heavy (non-hydrogen) atoms. The van der Waals surface area contributed by atoms with Gasteiger partial charge in [0.25, 0.3) is 11.8 Å². The van der Waals surface area contributed by atoms with Crippen molar-refractivity contribution < 1.29 is 9.59 Å². The average Bonchev–Trinajstić information content (AvgIpc) is 3.22. The van der Waals surface area contributed by atoms with E-state index in [9.17, 15) is 9.59 Å². The molecule has 2 N–H and O–H groups in total. The van der Waals surface area contributed by atoms with Crippen LogP contribution in [0.3, 0.4) is 0 Å². The fraction of sp³-hybridized carbons (Fsp3) is 0.364. The van der Waals surface area contributed by atoms with Crippen molar-refractivity contribution in [1.29, 1.82) is 0 Å². The van der Waals surface area contributed by atoms with E-state index in [-0.39, 0.29) is 17.9 Å². The van der Waals surface area contributed by atoms with Gasteiger partial charge >= 0.3 is 0 Å². The zero-order chi connectivity index (χ0) is 19.2. The number of amides is 2. The molecule has 1 unspecified atom stereocenters. The smallest absolute Gasteiger partial charge is 0.255 e. The van der Waals surface area contributed by atoms with E-state index in [0.29, 0.717) is 16.8 Å². The van der Waals surface area contributed by atoms with Crippen LogP contribution in [0.1, 0.15) is 46.0 Å². The number of nitrogens with one attached hydrogen (secondary N) is 2. The van der Waals surface area contributed by atoms with E-state index in [0.717, 1.165) is 38.0 Å². The SMILES string of the molecule is CCCN(C(=O)c1ccc(C)c(NC(=O)c2ccccc2)c1)C1CCNC1. The summed E-state index contributed by atoms with van der Waals surface area (Å²) in [4.78, 5) is 27.6. The molecule has 2 aromatic carbocycles. The number of rotatable bonds is 6. The Balaban J connectivity index is 1.81. The van der Waals surface area contributed by atoms with Gasteiger partial charge in [-0.15, -0.1) is 0 Å². The maximum absolute atomic E-state index is 13.1. The summed E-state index contributed by atoms with van der Waals surface area (Å²) in [5, 5.41) is 6.27. The summed E-state index contributed by atoms with van der Waals surface area (Å²) in [6.45, 7) is 6.55. The van der Waals surface area contributed by atoms with Gasteiger partial charge in [-0.25, -0.2) is 0 Å². The van der Waals surface area contributed by atoms with Gasteiger partial charge in [-0.3, -0.25) is 9.59 Å². The van der Waals surface area contributed by atoms with Crippen molar-refractivity contribution in [3.8, 4) is 0 Å². The minimum absolute atomic E-state index is 0.0285. The highest BCUT2D eigenvalue weighted by atomic mass is 16.2. The Kier molecular flexibility index (Phi) is 6.24. The second-order valence-electron chi connectivity index (χ2n) is 7.00. The van der Waals surface area contributed by atoms with Gasteiger partial charge in [0.05, 0.1) is 0 Å². The number of benzene rings is 2. The molecule has 1 aliphatic heterocycles. The summed E-state index contributed by atoms with van der Waals surface area (Å²) in [7, 11) is 0. The molecular formula is C22H27N3O2. The third-order valence-corrected chi connectivity index (χ3v) is 4.97. The van der Waals surface area contributed by atoms with Crippen molar-refractivity contribution in [3.05, 3.63) is 65.2 Å². The molecule has 1 saturated heterocycles. The van der Waals surface area contributed by atoms with Crippen LogP contribution in [-0.2, 0) is 0 Å². The van der Waals surface area contributed by atoms with Crippen molar-refractivity contribution in [3.63, 3.8) is 0 Å². The predicted octanol–water partition coefficient (Wildman–Crippen LogP) is 3.46. The normalized spacial score (nSPS) is 16.1. The van der Waals surface area contributed by atoms with Crippen LogP contribution in [0.4, 0.5) is 5.69 Å². The molecule has 1 heterocycles. The van der Waals surface area contributed by atoms with Crippen LogP contribution in [0.15, 0.2) is 48.5 Å². The molecule has 142 valence electrons. The molecule has 3 rings (SSSR count). The number of hydrogen-bond donors (Lipinski definition) is 2. The molecule has 0 saturated carbocycles. The topological polar surface area (TPSA) is 61.4 Å². The Morgan fingerprint density at radius 3 is 2.59 bits per heavy atom. The van der Waals surface area contributed by atoms with Gasteiger partial charge in [0.1, 0.15) is 0 Å². The molecule has 0 bridgehead atoms. The minimum Gasteiger partial charge on any atom is -0.334 e.